The van der Waals surface area contributed by atoms with E-state index in [1.165, 1.54) is 25.1 Å². The second-order valence-corrected chi connectivity index (χ2v) is 8.80. The number of nitrogens with one attached hydrogen (secondary N) is 1. The smallest absolute Gasteiger partial charge is 0.307 e. The van der Waals surface area contributed by atoms with Crippen molar-refractivity contribution in [2.24, 2.45) is 0 Å². The first-order valence-electron chi connectivity index (χ1n) is 10.1. The summed E-state index contributed by atoms with van der Waals surface area (Å²) >= 11 is 1.93. The molecule has 6 heteroatoms. The monoisotopic (exact) mass is 405 g/mol. The summed E-state index contributed by atoms with van der Waals surface area (Å²) in [5.41, 5.74) is 1.57. The fourth-order valence-electron chi connectivity index (χ4n) is 4.29. The van der Waals surface area contributed by atoms with Crippen molar-refractivity contribution in [3.8, 4) is 0 Å². The van der Waals surface area contributed by atoms with Crippen LogP contribution in [0.3, 0.4) is 0 Å². The van der Waals surface area contributed by atoms with E-state index in [0.29, 0.717) is 17.4 Å². The summed E-state index contributed by atoms with van der Waals surface area (Å²) in [6, 6.07) is 15.8. The van der Waals surface area contributed by atoms with E-state index in [4.69, 9.17) is 0 Å². The van der Waals surface area contributed by atoms with E-state index >= 15 is 0 Å². The number of thiophene rings is 1. The molecule has 0 bridgehead atoms. The average Bonchev–Trinajstić information content (AvgIpc) is 3.11. The predicted molar refractivity (Wildman–Crippen MR) is 119 cm³/mol. The van der Waals surface area contributed by atoms with Crippen LogP contribution in [-0.4, -0.2) is 27.5 Å². The highest BCUT2D eigenvalue weighted by atomic mass is 32.1. The number of aromatic nitrogens is 2. The number of nitrogens with zero attached hydrogens (tertiary/aromatic N) is 2. The minimum Gasteiger partial charge on any atom is -0.307 e. The number of para-hydroxylation sites is 1. The molecule has 0 saturated carbocycles. The Bertz CT molecular complexity index is 1300. The molecule has 1 aliphatic rings. The number of unbranched alkanes of at least 4 members (excludes halogenated alkanes) is 1. The number of fused-ring (bicyclic) bond motifs is 4. The maximum Gasteiger partial charge on any atom is 0.328 e. The summed E-state index contributed by atoms with van der Waals surface area (Å²) < 4.78 is 2.72. The molecule has 0 atom stereocenters. The first-order chi connectivity index (χ1) is 14.2. The third-order valence-electron chi connectivity index (χ3n) is 5.81. The lowest BCUT2D eigenvalue weighted by atomic mass is 10.0. The van der Waals surface area contributed by atoms with Gasteiger partial charge in [0.1, 0.15) is 0 Å². The average molecular weight is 406 g/mol. The normalized spacial score (nSPS) is 14.5. The van der Waals surface area contributed by atoms with Crippen molar-refractivity contribution < 1.29 is 0 Å². The third-order valence-corrected chi connectivity index (χ3v) is 7.09. The molecule has 4 aromatic rings. The Balaban J connectivity index is 1.23. The molecule has 0 spiro atoms. The van der Waals surface area contributed by atoms with Crippen LogP contribution in [0.4, 0.5) is 0 Å². The number of rotatable bonds is 5. The zero-order valence-electron chi connectivity index (χ0n) is 16.2. The van der Waals surface area contributed by atoms with Crippen molar-refractivity contribution in [1.82, 2.24) is 14.5 Å². The fraction of sp³-hybridized carbons (Fsp3) is 0.304. The minimum atomic E-state index is -0.318. The van der Waals surface area contributed by atoms with Crippen molar-refractivity contribution in [2.75, 3.05) is 13.1 Å². The Kier molecular flexibility index (Phi) is 4.81. The van der Waals surface area contributed by atoms with E-state index in [1.807, 2.05) is 23.5 Å². The van der Waals surface area contributed by atoms with Crippen molar-refractivity contribution >= 4 is 32.3 Å². The van der Waals surface area contributed by atoms with Crippen molar-refractivity contribution in [3.05, 3.63) is 79.8 Å². The Hall–Kier alpha value is -2.70. The lowest BCUT2D eigenvalue weighted by molar-refractivity contribution is 0.250. The highest BCUT2D eigenvalue weighted by Crippen LogP contribution is 2.35. The predicted octanol–water partition coefficient (Wildman–Crippen LogP) is 3.74. The van der Waals surface area contributed by atoms with E-state index in [1.54, 1.807) is 12.1 Å². The zero-order valence-corrected chi connectivity index (χ0v) is 17.0. The highest BCUT2D eigenvalue weighted by molar-refractivity contribution is 7.19. The quantitative estimate of drug-likeness (QED) is 0.515. The van der Waals surface area contributed by atoms with Gasteiger partial charge in [0.05, 0.1) is 10.9 Å². The maximum atomic E-state index is 12.6. The molecule has 29 heavy (non-hydrogen) atoms. The molecule has 2 aromatic heterocycles. The Morgan fingerprint density at radius 2 is 1.69 bits per heavy atom. The zero-order chi connectivity index (χ0) is 19.8. The van der Waals surface area contributed by atoms with Gasteiger partial charge in [0.15, 0.2) is 0 Å². The van der Waals surface area contributed by atoms with Gasteiger partial charge >= 0.3 is 5.69 Å². The topological polar surface area (TPSA) is 58.1 Å². The molecule has 3 heterocycles. The minimum absolute atomic E-state index is 0.197. The second kappa shape index (κ2) is 7.61. The van der Waals surface area contributed by atoms with Gasteiger partial charge in [-0.25, -0.2) is 4.79 Å². The van der Waals surface area contributed by atoms with Crippen molar-refractivity contribution in [3.63, 3.8) is 0 Å². The molecule has 0 unspecified atom stereocenters. The van der Waals surface area contributed by atoms with Crippen molar-refractivity contribution in [2.45, 2.75) is 32.4 Å². The first-order valence-corrected chi connectivity index (χ1v) is 11.0. The largest absolute Gasteiger partial charge is 0.328 e. The molecule has 0 fully saturated rings. The van der Waals surface area contributed by atoms with E-state index < -0.39 is 0 Å². The summed E-state index contributed by atoms with van der Waals surface area (Å²) in [4.78, 5) is 31.7. The van der Waals surface area contributed by atoms with Gasteiger partial charge in [-0.3, -0.25) is 14.3 Å². The molecule has 0 radical (unpaired) electrons. The number of hydrogen-bond acceptors (Lipinski definition) is 4. The molecule has 0 saturated heterocycles. The van der Waals surface area contributed by atoms with E-state index in [0.717, 1.165) is 38.9 Å². The van der Waals surface area contributed by atoms with Crippen LogP contribution in [0, 0.1) is 0 Å². The van der Waals surface area contributed by atoms with Crippen LogP contribution in [0.15, 0.2) is 58.1 Å². The standard InChI is InChI=1S/C23H23N3O2S/c27-22-17-8-1-3-9-19(17)24-23(28)26(22)13-6-5-12-25-14-11-21-18(15-25)16-7-2-4-10-20(16)29-21/h1-4,7-10H,5-6,11-15H2,(H,24,28). The lowest BCUT2D eigenvalue weighted by Gasteiger charge is -2.27. The molecular formula is C23H23N3O2S. The fourth-order valence-corrected chi connectivity index (χ4v) is 5.49. The van der Waals surface area contributed by atoms with E-state index in [9.17, 15) is 9.59 Å². The maximum absolute atomic E-state index is 12.6. The Labute approximate surface area is 172 Å². The Morgan fingerprint density at radius 3 is 2.59 bits per heavy atom. The number of hydrogen-bond donors (Lipinski definition) is 1. The SMILES string of the molecule is O=c1[nH]c2ccccc2c(=O)n1CCCCN1CCc2sc3ccccc3c2C1. The first kappa shape index (κ1) is 18.3. The van der Waals surface area contributed by atoms with Gasteiger partial charge in [-0.1, -0.05) is 30.3 Å². The van der Waals surface area contributed by atoms with Crippen LogP contribution in [-0.2, 0) is 19.5 Å². The second-order valence-electron chi connectivity index (χ2n) is 7.67. The number of aromatic amines is 1. The van der Waals surface area contributed by atoms with E-state index in [-0.39, 0.29) is 11.2 Å². The molecular weight excluding hydrogens is 382 g/mol. The van der Waals surface area contributed by atoms with Gasteiger partial charge in [0.25, 0.3) is 5.56 Å². The molecule has 148 valence electrons. The van der Waals surface area contributed by atoms with Gasteiger partial charge in [0.2, 0.25) is 0 Å². The third kappa shape index (κ3) is 3.43. The molecule has 5 nitrogen and oxygen atoms in total. The summed E-state index contributed by atoms with van der Waals surface area (Å²) in [6.07, 6.45) is 2.89. The van der Waals surface area contributed by atoms with Gasteiger partial charge in [-0.05, 0) is 55.0 Å². The van der Waals surface area contributed by atoms with Crippen LogP contribution in [0.25, 0.3) is 21.0 Å². The van der Waals surface area contributed by atoms with Crippen LogP contribution in [0.5, 0.6) is 0 Å². The lowest BCUT2D eigenvalue weighted by Crippen LogP contribution is -2.35. The molecule has 1 aliphatic heterocycles. The summed E-state index contributed by atoms with van der Waals surface area (Å²) in [5, 5.41) is 1.96. The van der Waals surface area contributed by atoms with Gasteiger partial charge in [-0.15, -0.1) is 11.3 Å². The molecule has 2 aromatic carbocycles. The summed E-state index contributed by atoms with van der Waals surface area (Å²) in [7, 11) is 0. The summed E-state index contributed by atoms with van der Waals surface area (Å²) in [6.45, 7) is 3.52. The van der Waals surface area contributed by atoms with Crippen molar-refractivity contribution in [1.29, 1.82) is 0 Å². The molecule has 0 aliphatic carbocycles. The van der Waals surface area contributed by atoms with Gasteiger partial charge < -0.3 is 4.98 Å². The molecule has 1 N–H and O–H groups in total. The molecule has 0 amide bonds. The molecule has 5 rings (SSSR count). The highest BCUT2D eigenvalue weighted by Gasteiger charge is 2.20. The summed E-state index contributed by atoms with van der Waals surface area (Å²) in [5.74, 6) is 0. The Morgan fingerprint density at radius 1 is 0.931 bits per heavy atom. The number of H-pyrrole nitrogens is 1. The van der Waals surface area contributed by atoms with Gasteiger partial charge in [0, 0.05) is 29.2 Å². The van der Waals surface area contributed by atoms with Crippen LogP contribution < -0.4 is 11.2 Å². The number of benzene rings is 2. The van der Waals surface area contributed by atoms with E-state index in [2.05, 4.69) is 34.1 Å². The van der Waals surface area contributed by atoms with Crippen LogP contribution >= 0.6 is 11.3 Å². The van der Waals surface area contributed by atoms with Crippen LogP contribution in [0.1, 0.15) is 23.3 Å². The van der Waals surface area contributed by atoms with Gasteiger partial charge in [-0.2, -0.15) is 0 Å². The van der Waals surface area contributed by atoms with Crippen LogP contribution in [0.2, 0.25) is 0 Å².